The molecule has 78 valence electrons. The van der Waals surface area contributed by atoms with Crippen LogP contribution in [-0.4, -0.2) is 29.1 Å². The Morgan fingerprint density at radius 1 is 1.50 bits per heavy atom. The van der Waals surface area contributed by atoms with Crippen molar-refractivity contribution in [2.45, 2.75) is 18.9 Å². The number of hydrogen-bond donors (Lipinski definition) is 2. The van der Waals surface area contributed by atoms with Crippen LogP contribution in [0.5, 0.6) is 0 Å². The number of carboxylic acids is 1. The van der Waals surface area contributed by atoms with Crippen LogP contribution in [0.1, 0.15) is 12.8 Å². The fraction of sp³-hybridized carbons (Fsp3) is 0.375. The van der Waals surface area contributed by atoms with Crippen molar-refractivity contribution in [1.82, 2.24) is 0 Å². The van der Waals surface area contributed by atoms with E-state index in [4.69, 9.17) is 10.8 Å². The zero-order valence-electron chi connectivity index (χ0n) is 7.43. The minimum absolute atomic E-state index is 0.0708. The zero-order valence-corrected chi connectivity index (χ0v) is 7.43. The molecule has 0 radical (unpaired) electrons. The minimum Gasteiger partial charge on any atom is -0.480 e. The first-order valence-electron chi connectivity index (χ1n) is 3.82. The number of carboxylic acid groups (broad SMARTS) is 1. The molecule has 3 N–H and O–H groups in total. The molecule has 14 heavy (non-hydrogen) atoms. The van der Waals surface area contributed by atoms with Crippen LogP contribution in [0, 0.1) is 0 Å². The Kier molecular flexibility index (Phi) is 5.16. The fourth-order valence-electron chi connectivity index (χ4n) is 0.602. The highest BCUT2D eigenvalue weighted by Crippen LogP contribution is 1.97. The molecule has 0 rings (SSSR count). The highest BCUT2D eigenvalue weighted by molar-refractivity contribution is 5.91. The van der Waals surface area contributed by atoms with Crippen LogP contribution < -0.4 is 5.73 Å². The molecule has 0 aliphatic heterocycles. The summed E-state index contributed by atoms with van der Waals surface area (Å²) in [7, 11) is 0. The molecule has 0 aliphatic rings. The Morgan fingerprint density at radius 2 is 2.07 bits per heavy atom. The third-order valence-corrected chi connectivity index (χ3v) is 1.36. The van der Waals surface area contributed by atoms with Gasteiger partial charge >= 0.3 is 17.9 Å². The van der Waals surface area contributed by atoms with Crippen molar-refractivity contribution in [1.29, 1.82) is 0 Å². The number of carbonyl (C=O) groups is 3. The topological polar surface area (TPSA) is 107 Å². The summed E-state index contributed by atoms with van der Waals surface area (Å²) in [6, 6.07) is -1.12. The molecule has 0 fully saturated rings. The lowest BCUT2D eigenvalue weighted by Crippen LogP contribution is -2.30. The first kappa shape index (κ1) is 12.3. The number of nitrogens with two attached hydrogens (primary N) is 1. The first-order chi connectivity index (χ1) is 6.47. The summed E-state index contributed by atoms with van der Waals surface area (Å²) in [5.41, 5.74) is 5.12. The van der Waals surface area contributed by atoms with E-state index in [1.54, 1.807) is 0 Å². The highest BCUT2D eigenvalue weighted by atomic mass is 16.6. The van der Waals surface area contributed by atoms with Crippen molar-refractivity contribution in [2.75, 3.05) is 0 Å². The third kappa shape index (κ3) is 5.04. The normalized spacial score (nSPS) is 11.5. The molecule has 0 spiro atoms. The van der Waals surface area contributed by atoms with Gasteiger partial charge in [-0.15, -0.1) is 0 Å². The number of esters is 2. The van der Waals surface area contributed by atoms with Gasteiger partial charge in [0.25, 0.3) is 0 Å². The molecule has 0 heterocycles. The van der Waals surface area contributed by atoms with Crippen molar-refractivity contribution in [3.63, 3.8) is 0 Å². The van der Waals surface area contributed by atoms with Gasteiger partial charge < -0.3 is 15.6 Å². The maximum Gasteiger partial charge on any atom is 0.337 e. The lowest BCUT2D eigenvalue weighted by Gasteiger charge is -2.04. The average molecular weight is 201 g/mol. The highest BCUT2D eigenvalue weighted by Gasteiger charge is 2.15. The average Bonchev–Trinajstić information content (AvgIpc) is 2.13. The van der Waals surface area contributed by atoms with Gasteiger partial charge in [-0.05, 0) is 6.42 Å². The van der Waals surface area contributed by atoms with E-state index in [1.807, 2.05) is 0 Å². The van der Waals surface area contributed by atoms with Crippen molar-refractivity contribution in [3.05, 3.63) is 12.7 Å². The minimum atomic E-state index is -1.20. The van der Waals surface area contributed by atoms with Gasteiger partial charge in [0.2, 0.25) is 0 Å². The van der Waals surface area contributed by atoms with Crippen LogP contribution in [0.4, 0.5) is 0 Å². The molecular formula is C8H11NO5. The van der Waals surface area contributed by atoms with Crippen LogP contribution >= 0.6 is 0 Å². The zero-order chi connectivity index (χ0) is 11.1. The Labute approximate surface area is 80.3 Å². The Hall–Kier alpha value is -1.69. The summed E-state index contributed by atoms with van der Waals surface area (Å²) >= 11 is 0. The van der Waals surface area contributed by atoms with E-state index in [1.165, 1.54) is 0 Å². The van der Waals surface area contributed by atoms with E-state index < -0.39 is 23.9 Å². The summed E-state index contributed by atoms with van der Waals surface area (Å²) in [6.07, 6.45) is 0.556. The molecular weight excluding hydrogens is 190 g/mol. The van der Waals surface area contributed by atoms with Crippen LogP contribution in [0.2, 0.25) is 0 Å². The second-order valence-electron chi connectivity index (χ2n) is 2.48. The molecule has 1 atom stereocenters. The number of carbonyl (C=O) groups excluding carboxylic acids is 2. The van der Waals surface area contributed by atoms with Crippen molar-refractivity contribution >= 4 is 17.9 Å². The van der Waals surface area contributed by atoms with Gasteiger partial charge in [-0.25, -0.2) is 4.79 Å². The molecule has 6 heteroatoms. The molecule has 0 saturated heterocycles. The monoisotopic (exact) mass is 201 g/mol. The predicted octanol–water partition coefficient (Wildman–Crippen LogP) is -0.566. The Balaban J connectivity index is 3.80. The standard InChI is InChI=1S/C8H11NO5/c1-2-6(10)14-7(11)4-3-5(9)8(12)13/h2,5H,1,3-4,9H2,(H,12,13)/t5-/m0/s1. The Bertz CT molecular complexity index is 260. The number of rotatable bonds is 5. The van der Waals surface area contributed by atoms with Crippen molar-refractivity contribution < 1.29 is 24.2 Å². The molecule has 6 nitrogen and oxygen atoms in total. The van der Waals surface area contributed by atoms with E-state index >= 15 is 0 Å². The number of ether oxygens (including phenoxy) is 1. The van der Waals surface area contributed by atoms with Gasteiger partial charge in [0.15, 0.2) is 0 Å². The van der Waals surface area contributed by atoms with Crippen LogP contribution in [0.25, 0.3) is 0 Å². The summed E-state index contributed by atoms with van der Waals surface area (Å²) < 4.78 is 4.19. The molecule has 0 aromatic rings. The SMILES string of the molecule is C=CC(=O)OC(=O)CC[C@H](N)C(=O)O. The van der Waals surface area contributed by atoms with Gasteiger partial charge in [0, 0.05) is 12.5 Å². The predicted molar refractivity (Wildman–Crippen MR) is 46.1 cm³/mol. The van der Waals surface area contributed by atoms with Crippen LogP contribution in [-0.2, 0) is 19.1 Å². The van der Waals surface area contributed by atoms with E-state index in [0.717, 1.165) is 6.08 Å². The smallest absolute Gasteiger partial charge is 0.337 e. The van der Waals surface area contributed by atoms with Crippen LogP contribution in [0.15, 0.2) is 12.7 Å². The van der Waals surface area contributed by atoms with Gasteiger partial charge in [-0.3, -0.25) is 9.59 Å². The van der Waals surface area contributed by atoms with Gasteiger partial charge in [0.1, 0.15) is 6.04 Å². The number of aliphatic carboxylic acids is 1. The maximum absolute atomic E-state index is 10.8. The fourth-order valence-corrected chi connectivity index (χ4v) is 0.602. The molecule has 0 aromatic heterocycles. The number of hydrogen-bond acceptors (Lipinski definition) is 5. The van der Waals surface area contributed by atoms with E-state index in [9.17, 15) is 14.4 Å². The molecule has 0 aliphatic carbocycles. The Morgan fingerprint density at radius 3 is 2.50 bits per heavy atom. The van der Waals surface area contributed by atoms with E-state index in [0.29, 0.717) is 0 Å². The van der Waals surface area contributed by atoms with Gasteiger partial charge in [-0.2, -0.15) is 0 Å². The second-order valence-corrected chi connectivity index (χ2v) is 2.48. The molecule has 0 unspecified atom stereocenters. The molecule has 0 bridgehead atoms. The van der Waals surface area contributed by atoms with Gasteiger partial charge in [-0.1, -0.05) is 6.58 Å². The molecule has 0 amide bonds. The first-order valence-corrected chi connectivity index (χ1v) is 3.82. The van der Waals surface area contributed by atoms with E-state index in [2.05, 4.69) is 11.3 Å². The lowest BCUT2D eigenvalue weighted by molar-refractivity contribution is -0.156. The summed E-state index contributed by atoms with van der Waals surface area (Å²) in [5, 5.41) is 8.36. The van der Waals surface area contributed by atoms with E-state index in [-0.39, 0.29) is 12.8 Å². The summed E-state index contributed by atoms with van der Waals surface area (Å²) in [4.78, 5) is 31.5. The van der Waals surface area contributed by atoms with Crippen molar-refractivity contribution in [3.8, 4) is 0 Å². The van der Waals surface area contributed by atoms with Gasteiger partial charge in [0.05, 0.1) is 0 Å². The molecule has 0 saturated carbocycles. The quantitative estimate of drug-likeness (QED) is 0.350. The lowest BCUT2D eigenvalue weighted by atomic mass is 10.2. The van der Waals surface area contributed by atoms with Crippen molar-refractivity contribution in [2.24, 2.45) is 5.73 Å². The summed E-state index contributed by atoms with van der Waals surface area (Å²) in [6.45, 7) is 3.09. The van der Waals surface area contributed by atoms with Crippen LogP contribution in [0.3, 0.4) is 0 Å². The second kappa shape index (κ2) is 5.87. The third-order valence-electron chi connectivity index (χ3n) is 1.36. The molecule has 0 aromatic carbocycles. The maximum atomic E-state index is 10.8. The summed E-state index contributed by atoms with van der Waals surface area (Å²) in [5.74, 6) is -2.88. The largest absolute Gasteiger partial charge is 0.480 e.